The third-order valence-electron chi connectivity index (χ3n) is 5.70. The van der Waals surface area contributed by atoms with Gasteiger partial charge in [0.2, 0.25) is 0 Å². The van der Waals surface area contributed by atoms with Gasteiger partial charge in [-0.15, -0.1) is 0 Å². The summed E-state index contributed by atoms with van der Waals surface area (Å²) in [6.45, 7) is -0.568. The van der Waals surface area contributed by atoms with Gasteiger partial charge in [-0.3, -0.25) is 4.55 Å². The molecule has 3 rings (SSSR count). The first kappa shape index (κ1) is 32.3. The molecule has 0 amide bonds. The number of hydrogen-bond donors (Lipinski definition) is 5. The second kappa shape index (κ2) is 14.6. The van der Waals surface area contributed by atoms with Crippen LogP contribution in [0.1, 0.15) is 23.7 Å². The summed E-state index contributed by atoms with van der Waals surface area (Å²) in [5, 5.41) is 56.6. The van der Waals surface area contributed by atoms with Crippen molar-refractivity contribution >= 4 is 39.2 Å². The predicted octanol–water partition coefficient (Wildman–Crippen LogP) is 0.123. The molecule has 224 valence electrons. The number of rotatable bonds is 11. The molecule has 0 radical (unpaired) electrons. The molecule has 14 nitrogen and oxygen atoms in total. The largest absolute Gasteiger partial charge is 0.870 e. The van der Waals surface area contributed by atoms with Gasteiger partial charge in [-0.1, -0.05) is 65.1 Å². The van der Waals surface area contributed by atoms with Crippen molar-refractivity contribution in [1.82, 2.24) is 0 Å². The van der Waals surface area contributed by atoms with Crippen LogP contribution >= 0.6 is 11.8 Å². The molecular formula is C25H28NO13S2-. The van der Waals surface area contributed by atoms with E-state index < -0.39 is 58.9 Å². The van der Waals surface area contributed by atoms with Crippen molar-refractivity contribution in [3.05, 3.63) is 65.7 Å². The molecule has 1 fully saturated rings. The van der Waals surface area contributed by atoms with Crippen LogP contribution in [0.4, 0.5) is 0 Å². The maximum absolute atomic E-state index is 12.2. The fourth-order valence-electron chi connectivity index (χ4n) is 3.61. The Morgan fingerprint density at radius 1 is 1.15 bits per heavy atom. The highest BCUT2D eigenvalue weighted by Crippen LogP contribution is 2.32. The van der Waals surface area contributed by atoms with Crippen molar-refractivity contribution in [1.29, 1.82) is 0 Å². The number of aliphatic hydroxyl groups excluding tert-OH is 4. The average molecular weight is 615 g/mol. The van der Waals surface area contributed by atoms with E-state index in [9.17, 15) is 38.7 Å². The normalized spacial score (nSPS) is 24.1. The number of methoxy groups -OCH3 is 1. The molecule has 0 aromatic heterocycles. The molecular weight excluding hydrogens is 586 g/mol. The molecule has 6 atom stereocenters. The Balaban J connectivity index is 1.67. The van der Waals surface area contributed by atoms with E-state index in [1.807, 2.05) is 0 Å². The molecule has 5 N–H and O–H groups in total. The Morgan fingerprint density at radius 2 is 1.85 bits per heavy atom. The lowest BCUT2D eigenvalue weighted by molar-refractivity contribution is -0.270. The van der Waals surface area contributed by atoms with Crippen molar-refractivity contribution in [3.8, 4) is 11.5 Å². The van der Waals surface area contributed by atoms with Crippen LogP contribution < -0.4 is 9.84 Å². The van der Waals surface area contributed by atoms with E-state index in [1.165, 1.54) is 31.4 Å². The van der Waals surface area contributed by atoms with Gasteiger partial charge in [0, 0.05) is 12.5 Å². The molecule has 16 heteroatoms. The minimum Gasteiger partial charge on any atom is -0.870 e. The second-order valence-corrected chi connectivity index (χ2v) is 10.8. The number of carbonyl (C=O) groups excluding carboxylic acids is 1. The van der Waals surface area contributed by atoms with Crippen LogP contribution in [0.25, 0.3) is 6.08 Å². The Hall–Kier alpha value is -3.22. The monoisotopic (exact) mass is 614 g/mol. The zero-order chi connectivity index (χ0) is 30.2. The van der Waals surface area contributed by atoms with Gasteiger partial charge in [-0.05, 0) is 23.3 Å². The predicted molar refractivity (Wildman–Crippen MR) is 143 cm³/mol. The fourth-order valence-corrected chi connectivity index (χ4v) is 4.95. The lowest BCUT2D eigenvalue weighted by Gasteiger charge is -2.40. The molecule has 0 aliphatic carbocycles. The van der Waals surface area contributed by atoms with Gasteiger partial charge in [-0.25, -0.2) is 9.08 Å². The third-order valence-corrected chi connectivity index (χ3v) is 7.09. The van der Waals surface area contributed by atoms with Gasteiger partial charge in [0.1, 0.15) is 47.3 Å². The molecule has 1 aliphatic rings. The van der Waals surface area contributed by atoms with Gasteiger partial charge < -0.3 is 39.7 Å². The first-order valence-electron chi connectivity index (χ1n) is 11.9. The number of aliphatic hydroxyl groups is 4. The number of ether oxygens (including phenoxy) is 3. The third kappa shape index (κ3) is 9.68. The van der Waals surface area contributed by atoms with Crippen LogP contribution in [-0.4, -0.2) is 88.0 Å². The number of carbonyl (C=O) groups is 1. The van der Waals surface area contributed by atoms with E-state index in [-0.39, 0.29) is 23.0 Å². The van der Waals surface area contributed by atoms with Crippen LogP contribution in [0.15, 0.2) is 59.8 Å². The van der Waals surface area contributed by atoms with Crippen molar-refractivity contribution < 1.29 is 61.8 Å². The lowest BCUT2D eigenvalue weighted by atomic mass is 10.0. The van der Waals surface area contributed by atoms with Crippen LogP contribution in [0.5, 0.6) is 11.5 Å². The van der Waals surface area contributed by atoms with E-state index >= 15 is 0 Å². The maximum Gasteiger partial charge on any atom is 0.466 e. The summed E-state index contributed by atoms with van der Waals surface area (Å²) in [5.41, 5.74) is -0.574. The lowest BCUT2D eigenvalue weighted by Crippen LogP contribution is -2.58. The summed E-state index contributed by atoms with van der Waals surface area (Å²) in [7, 11) is -3.67. The molecule has 0 spiro atoms. The van der Waals surface area contributed by atoms with E-state index in [4.69, 9.17) is 18.8 Å². The van der Waals surface area contributed by atoms with Crippen molar-refractivity contribution in [2.45, 2.75) is 42.4 Å². The molecule has 1 aliphatic heterocycles. The van der Waals surface area contributed by atoms with Crippen molar-refractivity contribution in [2.75, 3.05) is 13.7 Å². The van der Waals surface area contributed by atoms with E-state index in [0.29, 0.717) is 22.9 Å². The summed E-state index contributed by atoms with van der Waals surface area (Å²) >= 11 is 0.545. The Morgan fingerprint density at radius 3 is 2.49 bits per heavy atom. The summed E-state index contributed by atoms with van der Waals surface area (Å²) in [6.07, 6.45) is -5.77. The molecule has 2 aromatic rings. The molecule has 0 bridgehead atoms. The zero-order valence-corrected chi connectivity index (χ0v) is 23.1. The summed E-state index contributed by atoms with van der Waals surface area (Å²) < 4.78 is 50.7. The van der Waals surface area contributed by atoms with Gasteiger partial charge >= 0.3 is 16.4 Å². The Kier molecular flexibility index (Phi) is 11.5. The molecule has 1 heterocycles. The topological polar surface area (TPSA) is 225 Å². The number of thioether (sulfide) groups is 1. The van der Waals surface area contributed by atoms with Crippen LogP contribution in [0, 0.1) is 0 Å². The van der Waals surface area contributed by atoms with E-state index in [0.717, 1.165) is 6.08 Å². The minimum absolute atomic E-state index is 0.133. The highest BCUT2D eigenvalue weighted by molar-refractivity contribution is 8.14. The van der Waals surface area contributed by atoms with E-state index in [2.05, 4.69) is 9.44 Å². The number of oxime groups is 1. The molecule has 0 unspecified atom stereocenters. The van der Waals surface area contributed by atoms with Gasteiger partial charge in [0.15, 0.2) is 0 Å². The first-order valence-corrected chi connectivity index (χ1v) is 14.1. The SMILES string of the molecule is COc1ccc(/C=C/C(=O)OC[C@H]2O[C@@H](S/C(C[C@@H](O)c3ccccc3)=N\OS(=O)(=O)O)[C@H](O)[C@@H](O)[C@@H]2O)cc1[O-]. The summed E-state index contributed by atoms with van der Waals surface area (Å²) in [5.74, 6) is -1.13. The van der Waals surface area contributed by atoms with E-state index in [1.54, 1.807) is 30.3 Å². The van der Waals surface area contributed by atoms with Gasteiger partial charge in [0.25, 0.3) is 0 Å². The van der Waals surface area contributed by atoms with Gasteiger partial charge in [0.05, 0.1) is 13.2 Å². The zero-order valence-electron chi connectivity index (χ0n) is 21.4. The highest BCUT2D eigenvalue weighted by Gasteiger charge is 2.45. The number of nitrogens with zero attached hydrogens (tertiary/aromatic N) is 1. The molecule has 0 saturated carbocycles. The van der Waals surface area contributed by atoms with Crippen LogP contribution in [-0.2, 0) is 29.0 Å². The van der Waals surface area contributed by atoms with Crippen LogP contribution in [0.3, 0.4) is 0 Å². The summed E-state index contributed by atoms with van der Waals surface area (Å²) in [6, 6.07) is 12.4. The standard InChI is InChI=1S/C25H29NO13S2/c1-36-18-9-7-14(11-17(18)28)8-10-21(29)37-13-19-22(30)23(31)24(32)25(38-19)40-20(26-39-41(33,34)35)12-16(27)15-5-3-2-4-6-15/h2-11,16,19,22-25,27-28,30-32H,12-13H2,1H3,(H,33,34,35)/p-1/b10-8+,26-20-/t16-,19-,22-,23+,24-,25+/m1/s1. The fraction of sp³-hybridized carbons (Fsp3) is 0.360. The highest BCUT2D eigenvalue weighted by atomic mass is 32.3. The molecule has 2 aromatic carbocycles. The number of esters is 1. The Bertz CT molecular complexity index is 1340. The van der Waals surface area contributed by atoms with Crippen molar-refractivity contribution in [3.63, 3.8) is 0 Å². The molecule has 41 heavy (non-hydrogen) atoms. The number of hydrogen-bond acceptors (Lipinski definition) is 14. The summed E-state index contributed by atoms with van der Waals surface area (Å²) in [4.78, 5) is 12.2. The molecule has 1 saturated heterocycles. The number of benzene rings is 2. The smallest absolute Gasteiger partial charge is 0.466 e. The quantitative estimate of drug-likeness (QED) is 0.0566. The minimum atomic E-state index is -5.02. The van der Waals surface area contributed by atoms with Crippen LogP contribution in [0.2, 0.25) is 0 Å². The van der Waals surface area contributed by atoms with Gasteiger partial charge in [-0.2, -0.15) is 8.42 Å². The maximum atomic E-state index is 12.2. The first-order chi connectivity index (χ1) is 19.4. The van der Waals surface area contributed by atoms with Crippen molar-refractivity contribution in [2.24, 2.45) is 5.16 Å². The average Bonchev–Trinajstić information content (AvgIpc) is 2.94. The second-order valence-electron chi connectivity index (χ2n) is 8.62. The Labute approximate surface area is 239 Å².